The van der Waals surface area contributed by atoms with Crippen LogP contribution in [-0.4, -0.2) is 18.4 Å². The SMILES string of the molecule is C=COC(F)(F)C(F)(OC=C)C(F)F. The molecule has 0 aliphatic carbocycles. The quantitative estimate of drug-likeness (QED) is 0.504. The molecule has 0 aromatic rings. The minimum atomic E-state index is -4.85. The summed E-state index contributed by atoms with van der Waals surface area (Å²) in [6.45, 7) is 5.38. The number of halogens is 5. The lowest BCUT2D eigenvalue weighted by Crippen LogP contribution is -2.52. The van der Waals surface area contributed by atoms with Crippen molar-refractivity contribution in [1.82, 2.24) is 0 Å². The van der Waals surface area contributed by atoms with Crippen LogP contribution < -0.4 is 0 Å². The molecule has 0 saturated heterocycles. The van der Waals surface area contributed by atoms with Gasteiger partial charge >= 0.3 is 18.4 Å². The van der Waals surface area contributed by atoms with Crippen LogP contribution in [0, 0.1) is 0 Å². The summed E-state index contributed by atoms with van der Waals surface area (Å²) in [4.78, 5) is 0. The largest absolute Gasteiger partial charge is 0.477 e. The van der Waals surface area contributed by atoms with Crippen molar-refractivity contribution in [2.45, 2.75) is 18.4 Å². The third kappa shape index (κ3) is 2.15. The van der Waals surface area contributed by atoms with Crippen molar-refractivity contribution in [2.24, 2.45) is 0 Å². The van der Waals surface area contributed by atoms with E-state index in [1.807, 2.05) is 0 Å². The highest BCUT2D eigenvalue weighted by atomic mass is 19.3. The average molecular weight is 218 g/mol. The first-order chi connectivity index (χ1) is 6.31. The first-order valence-electron chi connectivity index (χ1n) is 3.24. The summed E-state index contributed by atoms with van der Waals surface area (Å²) in [5, 5.41) is 0. The lowest BCUT2D eigenvalue weighted by molar-refractivity contribution is -0.384. The van der Waals surface area contributed by atoms with Crippen LogP contribution in [0.2, 0.25) is 0 Å². The third-order valence-electron chi connectivity index (χ3n) is 1.16. The maximum absolute atomic E-state index is 12.9. The Morgan fingerprint density at radius 3 is 1.71 bits per heavy atom. The van der Waals surface area contributed by atoms with Gasteiger partial charge in [0.1, 0.15) is 0 Å². The fourth-order valence-corrected chi connectivity index (χ4v) is 0.553. The van der Waals surface area contributed by atoms with E-state index in [-0.39, 0.29) is 12.5 Å². The fraction of sp³-hybridized carbons (Fsp3) is 0.429. The molecule has 0 heterocycles. The molecule has 0 rings (SSSR count). The topological polar surface area (TPSA) is 18.5 Å². The molecule has 0 aromatic carbocycles. The van der Waals surface area contributed by atoms with Gasteiger partial charge in [0.15, 0.2) is 0 Å². The van der Waals surface area contributed by atoms with Crippen molar-refractivity contribution < 1.29 is 31.4 Å². The average Bonchev–Trinajstić information content (AvgIpc) is 2.03. The fourth-order valence-electron chi connectivity index (χ4n) is 0.553. The van der Waals surface area contributed by atoms with Crippen LogP contribution in [0.15, 0.2) is 25.7 Å². The van der Waals surface area contributed by atoms with Crippen LogP contribution in [0.5, 0.6) is 0 Å². The van der Waals surface area contributed by atoms with E-state index in [0.717, 1.165) is 0 Å². The summed E-state index contributed by atoms with van der Waals surface area (Å²) in [5.74, 6) is -4.58. The van der Waals surface area contributed by atoms with Crippen LogP contribution in [0.3, 0.4) is 0 Å². The number of hydrogen-bond acceptors (Lipinski definition) is 2. The standard InChI is InChI=1S/C7H7F5O2/c1-3-13-6(10,5(8)9)7(11,12)14-4-2/h3-5H,1-2H2. The predicted molar refractivity (Wildman–Crippen MR) is 37.4 cm³/mol. The molecule has 0 radical (unpaired) electrons. The molecule has 0 N–H and O–H groups in total. The molecule has 0 aliphatic heterocycles. The maximum atomic E-state index is 12.9. The van der Waals surface area contributed by atoms with Gasteiger partial charge in [-0.15, -0.1) is 0 Å². The van der Waals surface area contributed by atoms with Gasteiger partial charge in [-0.05, 0) is 0 Å². The van der Waals surface area contributed by atoms with E-state index >= 15 is 0 Å². The number of alkyl halides is 5. The summed E-state index contributed by atoms with van der Waals surface area (Å²) >= 11 is 0. The van der Waals surface area contributed by atoms with Crippen LogP contribution in [0.4, 0.5) is 22.0 Å². The molecule has 1 unspecified atom stereocenters. The van der Waals surface area contributed by atoms with Gasteiger partial charge in [-0.2, -0.15) is 13.2 Å². The highest BCUT2D eigenvalue weighted by molar-refractivity contribution is 4.85. The summed E-state index contributed by atoms with van der Waals surface area (Å²) in [6.07, 6.45) is -8.69. The second-order valence-corrected chi connectivity index (χ2v) is 2.03. The van der Waals surface area contributed by atoms with Gasteiger partial charge in [-0.3, -0.25) is 0 Å². The maximum Gasteiger partial charge on any atom is 0.477 e. The summed E-state index contributed by atoms with van der Waals surface area (Å²) in [5.41, 5.74) is 0. The van der Waals surface area contributed by atoms with Crippen molar-refractivity contribution in [3.8, 4) is 0 Å². The van der Waals surface area contributed by atoms with Gasteiger partial charge in [0.05, 0.1) is 12.5 Å². The van der Waals surface area contributed by atoms with Gasteiger partial charge in [0.2, 0.25) is 0 Å². The van der Waals surface area contributed by atoms with Crippen molar-refractivity contribution in [1.29, 1.82) is 0 Å². The second-order valence-electron chi connectivity index (χ2n) is 2.03. The molecule has 0 bridgehead atoms. The molecule has 2 nitrogen and oxygen atoms in total. The van der Waals surface area contributed by atoms with Crippen LogP contribution in [-0.2, 0) is 9.47 Å². The Kier molecular flexibility index (Phi) is 3.91. The number of ether oxygens (including phenoxy) is 2. The Morgan fingerprint density at radius 1 is 1.00 bits per heavy atom. The van der Waals surface area contributed by atoms with Gasteiger partial charge in [0, 0.05) is 0 Å². The van der Waals surface area contributed by atoms with E-state index in [4.69, 9.17) is 0 Å². The van der Waals surface area contributed by atoms with E-state index in [0.29, 0.717) is 0 Å². The molecule has 14 heavy (non-hydrogen) atoms. The minimum absolute atomic E-state index is 0.128. The molecule has 0 spiro atoms. The van der Waals surface area contributed by atoms with Gasteiger partial charge in [0.25, 0.3) is 0 Å². The first kappa shape index (κ1) is 12.7. The zero-order valence-electron chi connectivity index (χ0n) is 6.85. The second kappa shape index (κ2) is 4.30. The van der Waals surface area contributed by atoms with Crippen molar-refractivity contribution in [3.63, 3.8) is 0 Å². The van der Waals surface area contributed by atoms with Crippen molar-refractivity contribution in [3.05, 3.63) is 25.7 Å². The zero-order chi connectivity index (χ0) is 11.4. The normalized spacial score (nSPS) is 15.9. The van der Waals surface area contributed by atoms with E-state index in [9.17, 15) is 22.0 Å². The van der Waals surface area contributed by atoms with Gasteiger partial charge < -0.3 is 9.47 Å². The van der Waals surface area contributed by atoms with E-state index in [2.05, 4.69) is 22.6 Å². The zero-order valence-corrected chi connectivity index (χ0v) is 6.85. The number of hydrogen-bond donors (Lipinski definition) is 0. The molecule has 0 fully saturated rings. The van der Waals surface area contributed by atoms with Crippen molar-refractivity contribution in [2.75, 3.05) is 0 Å². The lowest BCUT2D eigenvalue weighted by Gasteiger charge is -2.29. The van der Waals surface area contributed by atoms with E-state index in [1.54, 1.807) is 0 Å². The molecule has 82 valence electrons. The summed E-state index contributed by atoms with van der Waals surface area (Å²) < 4.78 is 68.7. The Hall–Kier alpha value is -1.27. The smallest absolute Gasteiger partial charge is 0.454 e. The monoisotopic (exact) mass is 218 g/mol. The van der Waals surface area contributed by atoms with E-state index in [1.165, 1.54) is 0 Å². The molecular formula is C7H7F5O2. The summed E-state index contributed by atoms with van der Waals surface area (Å²) in [7, 11) is 0. The molecule has 0 saturated carbocycles. The molecule has 0 amide bonds. The Morgan fingerprint density at radius 2 is 1.43 bits per heavy atom. The van der Waals surface area contributed by atoms with Gasteiger partial charge in [-0.25, -0.2) is 8.78 Å². The van der Waals surface area contributed by atoms with E-state index < -0.39 is 18.4 Å². The molecule has 0 aromatic heterocycles. The highest BCUT2D eigenvalue weighted by Gasteiger charge is 2.66. The van der Waals surface area contributed by atoms with Crippen molar-refractivity contribution >= 4 is 0 Å². The predicted octanol–water partition coefficient (Wildman–Crippen LogP) is 2.83. The van der Waals surface area contributed by atoms with Gasteiger partial charge in [-0.1, -0.05) is 13.2 Å². The summed E-state index contributed by atoms with van der Waals surface area (Å²) in [6, 6.07) is 0. The Bertz CT molecular complexity index is 218. The molecule has 7 heteroatoms. The highest BCUT2D eigenvalue weighted by Crippen LogP contribution is 2.39. The molecule has 0 aliphatic rings. The molecule has 1 atom stereocenters. The number of rotatable bonds is 6. The van der Waals surface area contributed by atoms with Crippen LogP contribution in [0.1, 0.15) is 0 Å². The Balaban J connectivity index is 4.96. The van der Waals surface area contributed by atoms with Crippen LogP contribution in [0.25, 0.3) is 0 Å². The lowest BCUT2D eigenvalue weighted by atomic mass is 10.3. The minimum Gasteiger partial charge on any atom is -0.454 e. The van der Waals surface area contributed by atoms with Crippen LogP contribution >= 0.6 is 0 Å². The molecular weight excluding hydrogens is 211 g/mol. The Labute approximate surface area is 76.6 Å². The third-order valence-corrected chi connectivity index (χ3v) is 1.16. The first-order valence-corrected chi connectivity index (χ1v) is 3.24.